The van der Waals surface area contributed by atoms with Crippen molar-refractivity contribution in [2.75, 3.05) is 0 Å². The van der Waals surface area contributed by atoms with Crippen LogP contribution in [0.4, 0.5) is 0 Å². The molecule has 5 rings (SSSR count). The van der Waals surface area contributed by atoms with Gasteiger partial charge in [-0.3, -0.25) is 4.79 Å². The van der Waals surface area contributed by atoms with E-state index in [-0.39, 0.29) is 10.8 Å². The molecule has 0 aliphatic heterocycles. The van der Waals surface area contributed by atoms with E-state index in [4.69, 9.17) is 11.6 Å². The molecule has 0 saturated heterocycles. The SMILES string of the molecule is CC(C)(C)c1cccc2cc3cc4sc5ccc(Cl)cc5c(=O)c4cc3cc12. The van der Waals surface area contributed by atoms with E-state index in [2.05, 4.69) is 57.2 Å². The number of fused-ring (bicyclic) bond motifs is 4. The first kappa shape index (κ1) is 17.7. The van der Waals surface area contributed by atoms with Gasteiger partial charge in [0.25, 0.3) is 0 Å². The highest BCUT2D eigenvalue weighted by Gasteiger charge is 2.17. The molecule has 0 fully saturated rings. The summed E-state index contributed by atoms with van der Waals surface area (Å²) in [4.78, 5) is 13.1. The third-order valence-electron chi connectivity index (χ3n) is 5.39. The zero-order valence-electron chi connectivity index (χ0n) is 16.0. The van der Waals surface area contributed by atoms with E-state index in [0.717, 1.165) is 25.6 Å². The summed E-state index contributed by atoms with van der Waals surface area (Å²) in [7, 11) is 0. The van der Waals surface area contributed by atoms with Crippen LogP contribution in [0.1, 0.15) is 26.3 Å². The van der Waals surface area contributed by atoms with Gasteiger partial charge in [-0.25, -0.2) is 0 Å². The Morgan fingerprint density at radius 1 is 0.750 bits per heavy atom. The highest BCUT2D eigenvalue weighted by molar-refractivity contribution is 7.24. The second-order valence-corrected chi connectivity index (χ2v) is 9.92. The first-order valence-electron chi connectivity index (χ1n) is 9.34. The zero-order valence-corrected chi connectivity index (χ0v) is 17.5. The van der Waals surface area contributed by atoms with Crippen LogP contribution in [-0.4, -0.2) is 0 Å². The first-order valence-corrected chi connectivity index (χ1v) is 10.5. The third-order valence-corrected chi connectivity index (χ3v) is 6.76. The summed E-state index contributed by atoms with van der Waals surface area (Å²) in [6.07, 6.45) is 0. The molecule has 0 radical (unpaired) electrons. The average molecular weight is 403 g/mol. The predicted octanol–water partition coefficient (Wildman–Crippen LogP) is 7.67. The van der Waals surface area contributed by atoms with Crippen molar-refractivity contribution in [2.24, 2.45) is 0 Å². The van der Waals surface area contributed by atoms with Gasteiger partial charge in [0.2, 0.25) is 0 Å². The van der Waals surface area contributed by atoms with E-state index in [1.165, 1.54) is 16.3 Å². The first-order chi connectivity index (χ1) is 13.3. The van der Waals surface area contributed by atoms with Gasteiger partial charge in [0.1, 0.15) is 0 Å². The Hall–Kier alpha value is -2.42. The van der Waals surface area contributed by atoms with E-state index in [1.807, 2.05) is 18.2 Å². The average Bonchev–Trinajstić information content (AvgIpc) is 2.65. The van der Waals surface area contributed by atoms with Gasteiger partial charge >= 0.3 is 0 Å². The van der Waals surface area contributed by atoms with Crippen LogP contribution in [-0.2, 0) is 5.41 Å². The molecular formula is C25H19ClOS. The summed E-state index contributed by atoms with van der Waals surface area (Å²) in [5.74, 6) is 0. The van der Waals surface area contributed by atoms with Gasteiger partial charge < -0.3 is 0 Å². The van der Waals surface area contributed by atoms with E-state index < -0.39 is 0 Å². The Balaban J connectivity index is 1.91. The molecular weight excluding hydrogens is 384 g/mol. The van der Waals surface area contributed by atoms with Gasteiger partial charge in [0.15, 0.2) is 5.43 Å². The van der Waals surface area contributed by atoms with Crippen molar-refractivity contribution in [3.8, 4) is 0 Å². The van der Waals surface area contributed by atoms with Crippen LogP contribution in [0, 0.1) is 0 Å². The van der Waals surface area contributed by atoms with Crippen molar-refractivity contribution in [3.05, 3.63) is 81.5 Å². The molecule has 1 heterocycles. The summed E-state index contributed by atoms with van der Waals surface area (Å²) >= 11 is 7.77. The van der Waals surface area contributed by atoms with E-state index in [0.29, 0.717) is 10.4 Å². The van der Waals surface area contributed by atoms with Crippen LogP contribution in [0.15, 0.2) is 65.5 Å². The maximum absolute atomic E-state index is 13.1. The molecule has 4 aromatic carbocycles. The van der Waals surface area contributed by atoms with Crippen molar-refractivity contribution >= 4 is 64.7 Å². The Bertz CT molecular complexity index is 1470. The van der Waals surface area contributed by atoms with Crippen molar-refractivity contribution in [2.45, 2.75) is 26.2 Å². The summed E-state index contributed by atoms with van der Waals surface area (Å²) in [5.41, 5.74) is 1.43. The number of rotatable bonds is 0. The maximum Gasteiger partial charge on any atom is 0.195 e. The molecule has 1 nitrogen and oxygen atoms in total. The molecule has 3 heteroatoms. The second-order valence-electron chi connectivity index (χ2n) is 8.40. The third kappa shape index (κ3) is 2.71. The van der Waals surface area contributed by atoms with Crippen molar-refractivity contribution in [3.63, 3.8) is 0 Å². The summed E-state index contributed by atoms with van der Waals surface area (Å²) in [5, 5.41) is 6.80. The molecule has 0 aliphatic carbocycles. The molecule has 28 heavy (non-hydrogen) atoms. The number of hydrogen-bond donors (Lipinski definition) is 0. The fourth-order valence-electron chi connectivity index (χ4n) is 4.00. The van der Waals surface area contributed by atoms with Crippen LogP contribution >= 0.6 is 22.9 Å². The number of benzene rings is 4. The standard InChI is InChI=1S/C25H19ClOS/c1-25(2,3)21-6-4-5-14-9-15-12-23-19(11-16(15)10-18(14)21)24(27)20-13-17(26)7-8-22(20)28-23/h4-13H,1-3H3. The molecule has 0 N–H and O–H groups in total. The zero-order chi connectivity index (χ0) is 19.6. The van der Waals surface area contributed by atoms with Crippen LogP contribution in [0.2, 0.25) is 5.02 Å². The molecule has 0 unspecified atom stereocenters. The highest BCUT2D eigenvalue weighted by Crippen LogP contribution is 2.35. The quantitative estimate of drug-likeness (QED) is 0.243. The smallest absolute Gasteiger partial charge is 0.195 e. The molecule has 0 spiro atoms. The Morgan fingerprint density at radius 3 is 2.25 bits per heavy atom. The Morgan fingerprint density at radius 2 is 1.46 bits per heavy atom. The largest absolute Gasteiger partial charge is 0.289 e. The van der Waals surface area contributed by atoms with Crippen LogP contribution in [0.25, 0.3) is 41.7 Å². The lowest BCUT2D eigenvalue weighted by molar-refractivity contribution is 0.596. The lowest BCUT2D eigenvalue weighted by Crippen LogP contribution is -2.11. The van der Waals surface area contributed by atoms with Crippen molar-refractivity contribution in [1.82, 2.24) is 0 Å². The van der Waals surface area contributed by atoms with E-state index >= 15 is 0 Å². The topological polar surface area (TPSA) is 17.1 Å². The lowest BCUT2D eigenvalue weighted by Gasteiger charge is -2.21. The van der Waals surface area contributed by atoms with E-state index in [1.54, 1.807) is 17.4 Å². The maximum atomic E-state index is 13.1. The van der Waals surface area contributed by atoms with Crippen LogP contribution in [0.5, 0.6) is 0 Å². The van der Waals surface area contributed by atoms with Gasteiger partial charge in [-0.2, -0.15) is 0 Å². The minimum Gasteiger partial charge on any atom is -0.289 e. The normalized spacial score (nSPS) is 12.4. The lowest BCUT2D eigenvalue weighted by atomic mass is 9.83. The predicted molar refractivity (Wildman–Crippen MR) is 124 cm³/mol. The Kier molecular flexibility index (Phi) is 3.81. The van der Waals surface area contributed by atoms with Crippen molar-refractivity contribution < 1.29 is 0 Å². The van der Waals surface area contributed by atoms with Gasteiger partial charge in [0, 0.05) is 25.2 Å². The summed E-state index contributed by atoms with van der Waals surface area (Å²) < 4.78 is 1.98. The van der Waals surface area contributed by atoms with Gasteiger partial charge in [-0.1, -0.05) is 50.6 Å². The number of halogens is 1. The highest BCUT2D eigenvalue weighted by atomic mass is 35.5. The molecule has 1 aromatic heterocycles. The fourth-order valence-corrected chi connectivity index (χ4v) is 5.26. The molecule has 0 bridgehead atoms. The minimum atomic E-state index is 0.0531. The fraction of sp³-hybridized carbons (Fsp3) is 0.160. The van der Waals surface area contributed by atoms with Gasteiger partial charge in [-0.05, 0) is 75.0 Å². The van der Waals surface area contributed by atoms with E-state index in [9.17, 15) is 4.79 Å². The van der Waals surface area contributed by atoms with Gasteiger partial charge in [0.05, 0.1) is 0 Å². The Labute approximate surface area is 172 Å². The molecule has 138 valence electrons. The van der Waals surface area contributed by atoms with Crippen LogP contribution < -0.4 is 5.43 Å². The van der Waals surface area contributed by atoms with Crippen LogP contribution in [0.3, 0.4) is 0 Å². The molecule has 5 aromatic rings. The number of hydrogen-bond acceptors (Lipinski definition) is 2. The van der Waals surface area contributed by atoms with Crippen molar-refractivity contribution in [1.29, 1.82) is 0 Å². The summed E-state index contributed by atoms with van der Waals surface area (Å²) in [6.45, 7) is 6.71. The molecule has 0 amide bonds. The second kappa shape index (κ2) is 6.04. The molecule has 0 saturated carbocycles. The molecule has 0 aliphatic rings. The summed E-state index contributed by atoms with van der Waals surface area (Å²) in [6, 6.07) is 20.7. The monoisotopic (exact) mass is 402 g/mol. The van der Waals surface area contributed by atoms with Gasteiger partial charge in [-0.15, -0.1) is 11.3 Å². The minimum absolute atomic E-state index is 0.0531. The molecule has 0 atom stereocenters.